The van der Waals surface area contributed by atoms with Crippen LogP contribution in [0, 0.1) is 0 Å². The molecule has 0 N–H and O–H groups in total. The summed E-state index contributed by atoms with van der Waals surface area (Å²) in [6.07, 6.45) is 5.77. The van der Waals surface area contributed by atoms with Gasteiger partial charge in [0, 0.05) is 0 Å². The second kappa shape index (κ2) is 6.43. The van der Waals surface area contributed by atoms with Gasteiger partial charge in [-0.05, 0) is 18.5 Å². The third-order valence-electron chi connectivity index (χ3n) is 1.72. The van der Waals surface area contributed by atoms with Gasteiger partial charge in [0.05, 0.1) is 0 Å². The van der Waals surface area contributed by atoms with Crippen LogP contribution < -0.4 is 0 Å². The first-order chi connectivity index (χ1) is 5.12. The first kappa shape index (κ1) is 11.9. The topological polar surface area (TPSA) is 0 Å². The number of rotatable bonds is 6. The van der Waals surface area contributed by atoms with E-state index in [1.807, 2.05) is 6.08 Å². The molecule has 0 radical (unpaired) electrons. The van der Waals surface area contributed by atoms with Crippen LogP contribution in [0.15, 0.2) is 12.7 Å². The fraction of sp³-hybridized carbons (Fsp3) is 0.750. The summed E-state index contributed by atoms with van der Waals surface area (Å²) in [6, 6.07) is 2.60. The Hall–Kier alpha value is 0.917. The quantitative estimate of drug-likeness (QED) is 0.291. The third kappa shape index (κ3) is 7.28. The Labute approximate surface area is 86.6 Å². The molecule has 0 aliphatic heterocycles. The molecule has 3 heteroatoms. The van der Waals surface area contributed by atoms with Crippen LogP contribution in [0.3, 0.4) is 0 Å². The van der Waals surface area contributed by atoms with Gasteiger partial charge in [0.25, 0.3) is 0 Å². The molecule has 0 saturated heterocycles. The van der Waals surface area contributed by atoms with E-state index in [0.717, 1.165) is 6.42 Å². The molecular formula is C8H16Br2Si. The maximum absolute atomic E-state index is 3.76. The van der Waals surface area contributed by atoms with Crippen LogP contribution in [0.4, 0.5) is 0 Å². The molecule has 0 spiro atoms. The molecule has 11 heavy (non-hydrogen) atoms. The van der Waals surface area contributed by atoms with Gasteiger partial charge in [0.2, 0.25) is 5.31 Å². The average molecular weight is 300 g/mol. The highest BCUT2D eigenvalue weighted by Crippen LogP contribution is 2.31. The molecule has 0 unspecified atom stereocenters. The fourth-order valence-corrected chi connectivity index (χ4v) is 3.65. The summed E-state index contributed by atoms with van der Waals surface area (Å²) in [5.74, 6) is 0. The van der Waals surface area contributed by atoms with Crippen molar-refractivity contribution in [1.82, 2.24) is 0 Å². The number of unbranched alkanes of at least 4 members (excludes halogenated alkanes) is 2. The number of halogens is 2. The fourth-order valence-electron chi connectivity index (χ4n) is 0.849. The Morgan fingerprint density at radius 2 is 2.00 bits per heavy atom. The van der Waals surface area contributed by atoms with E-state index in [2.05, 4.69) is 44.1 Å². The molecule has 0 rings (SSSR count). The lowest BCUT2D eigenvalue weighted by atomic mass is 10.2. The third-order valence-corrected chi connectivity index (χ3v) is 9.58. The zero-order chi connectivity index (χ0) is 8.74. The first-order valence-corrected chi connectivity index (χ1v) is 11.0. The minimum Gasteiger partial charge on any atom is -0.111 e. The summed E-state index contributed by atoms with van der Waals surface area (Å²) in [7, 11) is 0. The highest BCUT2D eigenvalue weighted by molar-refractivity contribution is 9.51. The second-order valence-corrected chi connectivity index (χ2v) is 18.0. The summed E-state index contributed by atoms with van der Waals surface area (Å²) in [6.45, 7) is 5.94. The smallest absolute Gasteiger partial charge is 0.111 e. The largest absolute Gasteiger partial charge is 0.200 e. The molecule has 0 aliphatic carbocycles. The molecule has 66 valence electrons. The van der Waals surface area contributed by atoms with Crippen molar-refractivity contribution in [2.45, 2.75) is 38.3 Å². The van der Waals surface area contributed by atoms with Gasteiger partial charge in [0.15, 0.2) is 0 Å². The zero-order valence-electron chi connectivity index (χ0n) is 7.08. The second-order valence-electron chi connectivity index (χ2n) is 2.74. The minimum absolute atomic E-state index is 1.14. The van der Waals surface area contributed by atoms with Crippen molar-refractivity contribution in [1.29, 1.82) is 0 Å². The summed E-state index contributed by atoms with van der Waals surface area (Å²) in [5, 5.41) is -1.14. The number of hydrogen-bond acceptors (Lipinski definition) is 0. The average Bonchev–Trinajstić information content (AvgIpc) is 1.99. The normalized spacial score (nSPS) is 11.5. The lowest BCUT2D eigenvalue weighted by Crippen LogP contribution is -2.14. The molecule has 0 fully saturated rings. The predicted octanol–water partition coefficient (Wildman–Crippen LogP) is 4.59. The van der Waals surface area contributed by atoms with E-state index < -0.39 is 5.31 Å². The monoisotopic (exact) mass is 298 g/mol. The molecule has 0 aromatic carbocycles. The predicted molar refractivity (Wildman–Crippen MR) is 62.9 cm³/mol. The number of hydrogen-bond donors (Lipinski definition) is 0. The van der Waals surface area contributed by atoms with Crippen LogP contribution in [-0.4, -0.2) is 5.31 Å². The SMILES string of the molecule is C=CCCCC[Si](Br)(Br)CC. The summed E-state index contributed by atoms with van der Waals surface area (Å²) in [4.78, 5) is 0. The molecule has 0 heterocycles. The standard InChI is InChI=1S/C8H16Br2Si/c1-3-5-6-7-8-11(9,10)4-2/h3H,1,4-8H2,2H3. The van der Waals surface area contributed by atoms with Crippen molar-refractivity contribution in [2.75, 3.05) is 0 Å². The van der Waals surface area contributed by atoms with Crippen molar-refractivity contribution in [2.24, 2.45) is 0 Å². The van der Waals surface area contributed by atoms with E-state index in [1.54, 1.807) is 0 Å². The van der Waals surface area contributed by atoms with E-state index >= 15 is 0 Å². The molecule has 0 aliphatic rings. The zero-order valence-corrected chi connectivity index (χ0v) is 11.2. The Bertz CT molecular complexity index is 113. The number of allylic oxidation sites excluding steroid dienone is 1. The van der Waals surface area contributed by atoms with Gasteiger partial charge >= 0.3 is 0 Å². The molecular weight excluding hydrogens is 284 g/mol. The van der Waals surface area contributed by atoms with Crippen LogP contribution in [0.25, 0.3) is 0 Å². The van der Waals surface area contributed by atoms with Gasteiger partial charge in [0.1, 0.15) is 0 Å². The van der Waals surface area contributed by atoms with Gasteiger partial charge in [-0.25, -0.2) is 0 Å². The van der Waals surface area contributed by atoms with Crippen molar-refractivity contribution in [3.63, 3.8) is 0 Å². The minimum atomic E-state index is -1.14. The van der Waals surface area contributed by atoms with Crippen molar-refractivity contribution < 1.29 is 0 Å². The van der Waals surface area contributed by atoms with Crippen LogP contribution >= 0.6 is 30.6 Å². The highest BCUT2D eigenvalue weighted by Gasteiger charge is 2.22. The maximum atomic E-state index is 3.76. The van der Waals surface area contributed by atoms with Crippen LogP contribution in [0.2, 0.25) is 12.1 Å². The van der Waals surface area contributed by atoms with E-state index in [0.29, 0.717) is 0 Å². The summed E-state index contributed by atoms with van der Waals surface area (Å²) >= 11 is 7.53. The van der Waals surface area contributed by atoms with E-state index in [9.17, 15) is 0 Å². The Kier molecular flexibility index (Phi) is 6.97. The van der Waals surface area contributed by atoms with E-state index in [4.69, 9.17) is 0 Å². The molecule has 0 aromatic rings. The highest BCUT2D eigenvalue weighted by atomic mass is 79.9. The van der Waals surface area contributed by atoms with Crippen LogP contribution in [-0.2, 0) is 0 Å². The van der Waals surface area contributed by atoms with Gasteiger partial charge in [-0.15, -0.1) is 37.2 Å². The lowest BCUT2D eigenvalue weighted by molar-refractivity contribution is 0.809. The van der Waals surface area contributed by atoms with Crippen molar-refractivity contribution in [3.05, 3.63) is 12.7 Å². The first-order valence-electron chi connectivity index (χ1n) is 4.11. The molecule has 0 aromatic heterocycles. The molecule has 0 bridgehead atoms. The van der Waals surface area contributed by atoms with Gasteiger partial charge in [-0.3, -0.25) is 0 Å². The van der Waals surface area contributed by atoms with Crippen LogP contribution in [0.5, 0.6) is 0 Å². The molecule has 0 atom stereocenters. The molecule has 0 saturated carbocycles. The Morgan fingerprint density at radius 1 is 1.36 bits per heavy atom. The van der Waals surface area contributed by atoms with E-state index in [1.165, 1.54) is 24.9 Å². The molecule has 0 nitrogen and oxygen atoms in total. The Balaban J connectivity index is 3.29. The maximum Gasteiger partial charge on any atom is 0.200 e. The van der Waals surface area contributed by atoms with Gasteiger partial charge in [-0.2, -0.15) is 0 Å². The van der Waals surface area contributed by atoms with Crippen molar-refractivity contribution in [3.8, 4) is 0 Å². The summed E-state index contributed by atoms with van der Waals surface area (Å²) < 4.78 is 0. The van der Waals surface area contributed by atoms with Crippen LogP contribution in [0.1, 0.15) is 26.2 Å². The van der Waals surface area contributed by atoms with Gasteiger partial charge < -0.3 is 0 Å². The van der Waals surface area contributed by atoms with Crippen molar-refractivity contribution >= 4 is 35.9 Å². The lowest BCUT2D eigenvalue weighted by Gasteiger charge is -2.13. The Morgan fingerprint density at radius 3 is 2.45 bits per heavy atom. The van der Waals surface area contributed by atoms with Gasteiger partial charge in [-0.1, -0.05) is 25.8 Å². The van der Waals surface area contributed by atoms with E-state index in [-0.39, 0.29) is 0 Å². The summed E-state index contributed by atoms with van der Waals surface area (Å²) in [5.41, 5.74) is 0. The molecule has 0 amide bonds.